The Labute approximate surface area is 217 Å². The number of hydrogen-bond donors (Lipinski definition) is 2. The van der Waals surface area contributed by atoms with Crippen LogP contribution in [-0.4, -0.2) is 48.4 Å². The second kappa shape index (κ2) is 16.3. The van der Waals surface area contributed by atoms with E-state index in [0.29, 0.717) is 6.61 Å². The summed E-state index contributed by atoms with van der Waals surface area (Å²) in [5, 5.41) is 8.20. The Morgan fingerprint density at radius 2 is 1.20 bits per heavy atom. The number of amides is 1. The standard InChI is InChI=1S/C14H20O3S.C12H17NO3S/c1-5-17-14(15)13(10(2)3)18-12-8-6-11(16-4)7-9-12;1-8(2)11(12(14)13-15)17-10-6-4-9(16-3)5-7-10/h6-10,13H,5H2,1-4H3;4-8,11,15H,1-3H3,(H,13,14). The molecule has 35 heavy (non-hydrogen) atoms. The van der Waals surface area contributed by atoms with Crippen molar-refractivity contribution in [2.75, 3.05) is 20.8 Å². The third-order valence-corrected chi connectivity index (χ3v) is 7.84. The Hall–Kier alpha value is -2.36. The van der Waals surface area contributed by atoms with E-state index in [1.165, 1.54) is 23.5 Å². The largest absolute Gasteiger partial charge is 0.497 e. The summed E-state index contributed by atoms with van der Waals surface area (Å²) in [5.74, 6) is 1.44. The first-order valence-corrected chi connectivity index (χ1v) is 13.1. The van der Waals surface area contributed by atoms with Crippen LogP contribution in [-0.2, 0) is 14.3 Å². The lowest BCUT2D eigenvalue weighted by Gasteiger charge is -2.18. The SMILES string of the molecule is CCOC(=O)C(Sc1ccc(OC)cc1)C(C)C.COc1ccc(SC(C(=O)NO)C(C)C)cc1. The quantitative estimate of drug-likeness (QED) is 0.168. The molecule has 9 heteroatoms. The number of methoxy groups -OCH3 is 2. The van der Waals surface area contributed by atoms with Gasteiger partial charge in [-0.2, -0.15) is 0 Å². The van der Waals surface area contributed by atoms with E-state index in [1.807, 2.05) is 83.1 Å². The Morgan fingerprint density at radius 3 is 1.51 bits per heavy atom. The van der Waals surface area contributed by atoms with Gasteiger partial charge in [-0.25, -0.2) is 5.48 Å². The van der Waals surface area contributed by atoms with Gasteiger partial charge in [-0.1, -0.05) is 27.7 Å². The lowest BCUT2D eigenvalue weighted by Crippen LogP contribution is -2.33. The van der Waals surface area contributed by atoms with Crippen molar-refractivity contribution in [1.29, 1.82) is 0 Å². The molecule has 0 aromatic heterocycles. The highest BCUT2D eigenvalue weighted by Crippen LogP contribution is 2.31. The molecule has 2 rings (SSSR count). The number of carbonyl (C=O) groups excluding carboxylic acids is 2. The average molecular weight is 524 g/mol. The topological polar surface area (TPSA) is 94.1 Å². The molecule has 0 spiro atoms. The summed E-state index contributed by atoms with van der Waals surface area (Å²) in [7, 11) is 3.25. The molecule has 0 aliphatic heterocycles. The predicted octanol–water partition coefficient (Wildman–Crippen LogP) is 5.69. The lowest BCUT2D eigenvalue weighted by molar-refractivity contribution is -0.143. The molecule has 2 aromatic rings. The number of nitrogens with one attached hydrogen (secondary N) is 1. The zero-order valence-corrected chi connectivity index (χ0v) is 23.1. The van der Waals surface area contributed by atoms with Gasteiger partial charge < -0.3 is 14.2 Å². The molecular formula is C26H37NO6S2. The fraction of sp³-hybridized carbons (Fsp3) is 0.462. The smallest absolute Gasteiger partial charge is 0.319 e. The van der Waals surface area contributed by atoms with Crippen LogP contribution in [0.5, 0.6) is 11.5 Å². The molecule has 0 aliphatic rings. The average Bonchev–Trinajstić information content (AvgIpc) is 2.86. The first-order valence-electron chi connectivity index (χ1n) is 11.4. The van der Waals surface area contributed by atoms with E-state index in [1.54, 1.807) is 19.7 Å². The maximum absolute atomic E-state index is 11.8. The number of ether oxygens (including phenoxy) is 3. The highest BCUT2D eigenvalue weighted by Gasteiger charge is 2.25. The second-order valence-electron chi connectivity index (χ2n) is 8.14. The van der Waals surface area contributed by atoms with Crippen LogP contribution >= 0.6 is 23.5 Å². The van der Waals surface area contributed by atoms with E-state index in [-0.39, 0.29) is 34.2 Å². The van der Waals surface area contributed by atoms with Crippen molar-refractivity contribution in [2.45, 2.75) is 54.9 Å². The zero-order valence-electron chi connectivity index (χ0n) is 21.4. The predicted molar refractivity (Wildman–Crippen MR) is 142 cm³/mol. The van der Waals surface area contributed by atoms with Gasteiger partial charge in [0.05, 0.1) is 26.1 Å². The van der Waals surface area contributed by atoms with E-state index in [2.05, 4.69) is 0 Å². The molecule has 0 aliphatic carbocycles. The Kier molecular flexibility index (Phi) is 14.3. The lowest BCUT2D eigenvalue weighted by atomic mass is 10.1. The maximum Gasteiger partial charge on any atom is 0.319 e. The zero-order chi connectivity index (χ0) is 26.4. The fourth-order valence-corrected chi connectivity index (χ4v) is 4.88. The van der Waals surface area contributed by atoms with Crippen molar-refractivity contribution in [2.24, 2.45) is 11.8 Å². The van der Waals surface area contributed by atoms with Gasteiger partial charge in [0.2, 0.25) is 0 Å². The Bertz CT molecular complexity index is 888. The van der Waals surface area contributed by atoms with Gasteiger partial charge in [-0.3, -0.25) is 14.8 Å². The monoisotopic (exact) mass is 523 g/mol. The molecule has 1 amide bonds. The molecule has 2 unspecified atom stereocenters. The van der Waals surface area contributed by atoms with E-state index in [0.717, 1.165) is 21.3 Å². The normalized spacial score (nSPS) is 12.3. The van der Waals surface area contributed by atoms with Gasteiger partial charge in [0.25, 0.3) is 5.91 Å². The third kappa shape index (κ3) is 10.8. The van der Waals surface area contributed by atoms with Crippen LogP contribution in [0, 0.1) is 11.8 Å². The van der Waals surface area contributed by atoms with E-state index < -0.39 is 0 Å². The molecule has 0 saturated carbocycles. The van der Waals surface area contributed by atoms with Gasteiger partial charge >= 0.3 is 5.97 Å². The summed E-state index contributed by atoms with van der Waals surface area (Å²) >= 11 is 2.96. The Morgan fingerprint density at radius 1 is 0.800 bits per heavy atom. The van der Waals surface area contributed by atoms with Gasteiger partial charge in [0, 0.05) is 9.79 Å². The van der Waals surface area contributed by atoms with Crippen molar-refractivity contribution in [3.63, 3.8) is 0 Å². The number of esters is 1. The summed E-state index contributed by atoms with van der Waals surface area (Å²) in [5.41, 5.74) is 1.70. The molecule has 0 radical (unpaired) electrons. The van der Waals surface area contributed by atoms with Crippen molar-refractivity contribution >= 4 is 35.4 Å². The van der Waals surface area contributed by atoms with Crippen LogP contribution in [0.4, 0.5) is 0 Å². The number of hydrogen-bond acceptors (Lipinski definition) is 8. The minimum Gasteiger partial charge on any atom is -0.497 e. The van der Waals surface area contributed by atoms with Gasteiger partial charge in [0.1, 0.15) is 16.7 Å². The highest BCUT2D eigenvalue weighted by molar-refractivity contribution is 8.00. The van der Waals surface area contributed by atoms with Crippen molar-refractivity contribution in [3.8, 4) is 11.5 Å². The van der Waals surface area contributed by atoms with Crippen LogP contribution < -0.4 is 15.0 Å². The molecule has 2 atom stereocenters. The maximum atomic E-state index is 11.8. The first kappa shape index (κ1) is 30.7. The molecular weight excluding hydrogens is 486 g/mol. The van der Waals surface area contributed by atoms with E-state index in [4.69, 9.17) is 19.4 Å². The molecule has 194 valence electrons. The van der Waals surface area contributed by atoms with Crippen molar-refractivity contribution in [3.05, 3.63) is 48.5 Å². The molecule has 0 bridgehead atoms. The molecule has 0 heterocycles. The van der Waals surface area contributed by atoms with Crippen molar-refractivity contribution in [1.82, 2.24) is 5.48 Å². The third-order valence-electron chi connectivity index (χ3n) is 4.74. The van der Waals surface area contributed by atoms with Crippen LogP contribution in [0.15, 0.2) is 58.3 Å². The number of hydroxylamine groups is 1. The van der Waals surface area contributed by atoms with Gasteiger partial charge in [-0.05, 0) is 67.3 Å². The van der Waals surface area contributed by atoms with E-state index >= 15 is 0 Å². The van der Waals surface area contributed by atoms with Crippen molar-refractivity contribution < 1.29 is 29.0 Å². The minimum absolute atomic E-state index is 0.134. The fourth-order valence-electron chi connectivity index (χ4n) is 2.84. The minimum atomic E-state index is -0.374. The first-order chi connectivity index (χ1) is 16.7. The second-order valence-corrected chi connectivity index (χ2v) is 10.6. The number of carbonyl (C=O) groups is 2. The molecule has 0 fully saturated rings. The Balaban J connectivity index is 0.000000351. The van der Waals surface area contributed by atoms with Gasteiger partial charge in [0.15, 0.2) is 0 Å². The summed E-state index contributed by atoms with van der Waals surface area (Å²) < 4.78 is 15.3. The molecule has 2 N–H and O–H groups in total. The van der Waals surface area contributed by atoms with Crippen LogP contribution in [0.1, 0.15) is 34.6 Å². The molecule has 7 nitrogen and oxygen atoms in total. The summed E-state index contributed by atoms with van der Waals surface area (Å²) in [6, 6.07) is 15.2. The number of benzene rings is 2. The number of rotatable bonds is 11. The van der Waals surface area contributed by atoms with E-state index in [9.17, 15) is 9.59 Å². The molecule has 0 saturated heterocycles. The summed E-state index contributed by atoms with van der Waals surface area (Å²) in [4.78, 5) is 25.3. The van der Waals surface area contributed by atoms with Gasteiger partial charge in [-0.15, -0.1) is 23.5 Å². The molecule has 2 aromatic carbocycles. The highest BCUT2D eigenvalue weighted by atomic mass is 32.2. The van der Waals surface area contributed by atoms with Crippen LogP contribution in [0.3, 0.4) is 0 Å². The number of thioether (sulfide) groups is 2. The van der Waals surface area contributed by atoms with Crippen LogP contribution in [0.25, 0.3) is 0 Å². The summed E-state index contributed by atoms with van der Waals surface area (Å²) in [6.07, 6.45) is 0. The summed E-state index contributed by atoms with van der Waals surface area (Å²) in [6.45, 7) is 10.2. The van der Waals surface area contributed by atoms with Crippen LogP contribution in [0.2, 0.25) is 0 Å².